The second kappa shape index (κ2) is 6.98. The molecule has 1 aliphatic heterocycles. The smallest absolute Gasteiger partial charge is 0.284 e. The minimum atomic E-state index is -1.23. The third-order valence-corrected chi connectivity index (χ3v) is 3.32. The molecule has 2 amide bonds. The van der Waals surface area contributed by atoms with Crippen molar-refractivity contribution in [2.24, 2.45) is 15.2 Å². The minimum Gasteiger partial charge on any atom is -0.497 e. The second-order valence-electron chi connectivity index (χ2n) is 3.99. The van der Waals surface area contributed by atoms with Crippen molar-refractivity contribution in [3.63, 3.8) is 0 Å². The Balaban J connectivity index is 2.09. The van der Waals surface area contributed by atoms with Crippen molar-refractivity contribution in [1.82, 2.24) is 5.32 Å². The number of hydrogen-bond donors (Lipinski definition) is 1. The van der Waals surface area contributed by atoms with E-state index in [1.807, 2.05) is 6.92 Å². The summed E-state index contributed by atoms with van der Waals surface area (Å²) >= 11 is 1.29. The first kappa shape index (κ1) is 15.2. The third kappa shape index (κ3) is 3.88. The Morgan fingerprint density at radius 3 is 2.62 bits per heavy atom. The van der Waals surface area contributed by atoms with E-state index in [-0.39, 0.29) is 0 Å². The van der Waals surface area contributed by atoms with Crippen molar-refractivity contribution < 1.29 is 14.3 Å². The molecule has 110 valence electrons. The maximum Gasteiger partial charge on any atom is 0.284 e. The lowest BCUT2D eigenvalue weighted by atomic mass is 10.2. The molecule has 1 unspecified atom stereocenters. The molecule has 7 nitrogen and oxygen atoms in total. The molecular formula is C13H14N4O3S. The molecule has 1 aromatic rings. The normalized spacial score (nSPS) is 18.6. The van der Waals surface area contributed by atoms with E-state index in [9.17, 15) is 9.59 Å². The van der Waals surface area contributed by atoms with Gasteiger partial charge in [-0.1, -0.05) is 18.7 Å². The van der Waals surface area contributed by atoms with Gasteiger partial charge >= 0.3 is 0 Å². The van der Waals surface area contributed by atoms with Gasteiger partial charge in [0.25, 0.3) is 11.8 Å². The molecule has 1 aromatic carbocycles. The van der Waals surface area contributed by atoms with Gasteiger partial charge in [0.2, 0.25) is 6.04 Å². The summed E-state index contributed by atoms with van der Waals surface area (Å²) in [5.74, 6) is 0.284. The molecule has 1 aliphatic rings. The number of rotatable bonds is 4. The zero-order valence-corrected chi connectivity index (χ0v) is 12.4. The van der Waals surface area contributed by atoms with Crippen molar-refractivity contribution in [2.45, 2.75) is 13.0 Å². The van der Waals surface area contributed by atoms with Crippen LogP contribution in [0.25, 0.3) is 0 Å². The number of azo groups is 1. The first-order valence-electron chi connectivity index (χ1n) is 6.25. The largest absolute Gasteiger partial charge is 0.497 e. The van der Waals surface area contributed by atoms with Crippen molar-refractivity contribution in [2.75, 3.05) is 12.9 Å². The van der Waals surface area contributed by atoms with E-state index < -0.39 is 17.9 Å². The molecule has 0 saturated carbocycles. The maximum absolute atomic E-state index is 11.8. The minimum absolute atomic E-state index is 0.309. The van der Waals surface area contributed by atoms with Crippen LogP contribution in [-0.2, 0) is 9.59 Å². The molecule has 8 heteroatoms. The van der Waals surface area contributed by atoms with Crippen molar-refractivity contribution >= 4 is 34.4 Å². The lowest BCUT2D eigenvalue weighted by Gasteiger charge is -2.15. The number of carbonyl (C=O) groups excluding carboxylic acids is 2. The van der Waals surface area contributed by atoms with Crippen molar-refractivity contribution in [3.05, 3.63) is 24.3 Å². The van der Waals surface area contributed by atoms with Crippen molar-refractivity contribution in [3.8, 4) is 5.75 Å². The number of amidine groups is 1. The van der Waals surface area contributed by atoms with Gasteiger partial charge in [0, 0.05) is 0 Å². The van der Waals surface area contributed by atoms with E-state index in [2.05, 4.69) is 20.5 Å². The van der Waals surface area contributed by atoms with Gasteiger partial charge in [0.1, 0.15) is 5.75 Å². The fourth-order valence-electron chi connectivity index (χ4n) is 1.56. The number of thioether (sulfide) groups is 1. The average Bonchev–Trinajstić information content (AvgIpc) is 2.47. The summed E-state index contributed by atoms with van der Waals surface area (Å²) in [6, 6.07) is 5.55. The van der Waals surface area contributed by atoms with Crippen LogP contribution in [0.5, 0.6) is 5.75 Å². The average molecular weight is 306 g/mol. The quantitative estimate of drug-likeness (QED) is 0.679. The summed E-state index contributed by atoms with van der Waals surface area (Å²) in [5, 5.41) is 10.5. The van der Waals surface area contributed by atoms with Crippen LogP contribution in [0.15, 0.2) is 39.5 Å². The summed E-state index contributed by atoms with van der Waals surface area (Å²) in [6.07, 6.45) is 0. The van der Waals surface area contributed by atoms with Gasteiger partial charge in [0.15, 0.2) is 5.17 Å². The summed E-state index contributed by atoms with van der Waals surface area (Å²) < 4.78 is 5.02. The van der Waals surface area contributed by atoms with E-state index >= 15 is 0 Å². The third-order valence-electron chi connectivity index (χ3n) is 2.57. The standard InChI is InChI=1S/C13H14N4O3S/c1-3-21-13-14-11(18)10(12(19)15-13)17-16-8-4-6-9(20-2)7-5-8/h4-7,10H,3H2,1-2H3,(H,14,15,18,19). The zero-order valence-electron chi connectivity index (χ0n) is 11.6. The van der Waals surface area contributed by atoms with Gasteiger partial charge in [-0.05, 0) is 30.0 Å². The monoisotopic (exact) mass is 306 g/mol. The van der Waals surface area contributed by atoms with E-state index in [4.69, 9.17) is 4.74 Å². The second-order valence-corrected chi connectivity index (χ2v) is 5.25. The van der Waals surface area contributed by atoms with E-state index in [0.29, 0.717) is 22.4 Å². The highest BCUT2D eigenvalue weighted by atomic mass is 32.2. The highest BCUT2D eigenvalue weighted by Gasteiger charge is 2.32. The SMILES string of the molecule is CCSC1=NC(=O)C(N=Nc2ccc(OC)cc2)C(=O)N1. The predicted octanol–water partition coefficient (Wildman–Crippen LogP) is 1.91. The van der Waals surface area contributed by atoms with Gasteiger partial charge in [0.05, 0.1) is 12.8 Å². The molecular weight excluding hydrogens is 292 g/mol. The fourth-order valence-corrected chi connectivity index (χ4v) is 2.16. The van der Waals surface area contributed by atoms with Gasteiger partial charge in [-0.2, -0.15) is 15.2 Å². The Morgan fingerprint density at radius 1 is 1.33 bits per heavy atom. The highest BCUT2D eigenvalue weighted by Crippen LogP contribution is 2.19. The summed E-state index contributed by atoms with van der Waals surface area (Å²) in [4.78, 5) is 27.4. The summed E-state index contributed by atoms with van der Waals surface area (Å²) in [7, 11) is 1.56. The van der Waals surface area contributed by atoms with Crippen LogP contribution in [0.4, 0.5) is 5.69 Å². The number of carbonyl (C=O) groups is 2. The number of ether oxygens (including phenoxy) is 1. The topological polar surface area (TPSA) is 92.5 Å². The van der Waals surface area contributed by atoms with Gasteiger partial charge in [-0.25, -0.2) is 0 Å². The molecule has 1 heterocycles. The number of methoxy groups -OCH3 is 1. The number of aliphatic imine (C=N–C) groups is 1. The van der Waals surface area contributed by atoms with Crippen LogP contribution in [-0.4, -0.2) is 35.9 Å². The number of amides is 2. The number of nitrogens with one attached hydrogen (secondary N) is 1. The highest BCUT2D eigenvalue weighted by molar-refractivity contribution is 8.13. The molecule has 2 rings (SSSR count). The van der Waals surface area contributed by atoms with Gasteiger partial charge < -0.3 is 10.1 Å². The predicted molar refractivity (Wildman–Crippen MR) is 80.0 cm³/mol. The molecule has 0 radical (unpaired) electrons. The van der Waals surface area contributed by atoms with E-state index in [1.165, 1.54) is 11.8 Å². The van der Waals surface area contributed by atoms with Gasteiger partial charge in [-0.15, -0.1) is 0 Å². The van der Waals surface area contributed by atoms with E-state index in [1.54, 1.807) is 31.4 Å². The number of nitrogens with zero attached hydrogens (tertiary/aromatic N) is 3. The van der Waals surface area contributed by atoms with E-state index in [0.717, 1.165) is 0 Å². The maximum atomic E-state index is 11.8. The summed E-state index contributed by atoms with van der Waals surface area (Å²) in [5.41, 5.74) is 0.522. The molecule has 0 saturated heterocycles. The van der Waals surface area contributed by atoms with Crippen LogP contribution in [0.3, 0.4) is 0 Å². The Hall–Kier alpha value is -2.22. The molecule has 0 fully saturated rings. The number of benzene rings is 1. The first-order chi connectivity index (χ1) is 10.1. The molecule has 1 atom stereocenters. The Bertz CT molecular complexity index is 598. The first-order valence-corrected chi connectivity index (χ1v) is 7.23. The molecule has 0 aliphatic carbocycles. The zero-order chi connectivity index (χ0) is 15.2. The number of hydrogen-bond acceptors (Lipinski definition) is 6. The van der Waals surface area contributed by atoms with Crippen LogP contribution >= 0.6 is 11.8 Å². The molecule has 21 heavy (non-hydrogen) atoms. The van der Waals surface area contributed by atoms with Crippen LogP contribution in [0, 0.1) is 0 Å². The Kier molecular flexibility index (Phi) is 5.04. The Morgan fingerprint density at radius 2 is 2.05 bits per heavy atom. The summed E-state index contributed by atoms with van der Waals surface area (Å²) in [6.45, 7) is 1.90. The van der Waals surface area contributed by atoms with Crippen LogP contribution in [0.2, 0.25) is 0 Å². The molecule has 0 aromatic heterocycles. The molecule has 0 bridgehead atoms. The fraction of sp³-hybridized carbons (Fsp3) is 0.308. The van der Waals surface area contributed by atoms with Crippen LogP contribution in [0.1, 0.15) is 6.92 Å². The lowest BCUT2D eigenvalue weighted by molar-refractivity contribution is -0.129. The lowest BCUT2D eigenvalue weighted by Crippen LogP contribution is -2.45. The Labute approximate surface area is 125 Å². The van der Waals surface area contributed by atoms with Gasteiger partial charge in [-0.3, -0.25) is 9.59 Å². The molecule has 1 N–H and O–H groups in total. The molecule has 0 spiro atoms. The van der Waals surface area contributed by atoms with Crippen LogP contribution < -0.4 is 10.1 Å². The van der Waals surface area contributed by atoms with Crippen molar-refractivity contribution in [1.29, 1.82) is 0 Å².